The van der Waals surface area contributed by atoms with Gasteiger partial charge in [-0.05, 0) is 30.2 Å². The summed E-state index contributed by atoms with van der Waals surface area (Å²) in [6.45, 7) is 4.12. The first-order chi connectivity index (χ1) is 7.13. The highest BCUT2D eigenvalue weighted by Gasteiger charge is 2.03. The lowest BCUT2D eigenvalue weighted by atomic mass is 10.2. The molecule has 1 aromatic carbocycles. The molecule has 0 spiro atoms. The number of nitrogens with zero attached hydrogens (tertiary/aromatic N) is 1. The second-order valence-electron chi connectivity index (χ2n) is 3.56. The smallest absolute Gasteiger partial charge is 0.337 e. The molecule has 0 unspecified atom stereocenters. The van der Waals surface area contributed by atoms with Crippen LogP contribution in [0.1, 0.15) is 24.2 Å². The van der Waals surface area contributed by atoms with Gasteiger partial charge in [0.25, 0.3) is 0 Å². The number of aliphatic imine (C=N–C) groups is 1. The van der Waals surface area contributed by atoms with Gasteiger partial charge in [-0.25, -0.2) is 4.79 Å². The van der Waals surface area contributed by atoms with Crippen molar-refractivity contribution in [2.75, 3.05) is 7.11 Å². The lowest BCUT2D eigenvalue weighted by molar-refractivity contribution is 0.0601. The molecular formula is C12H15NO2. The molecule has 0 saturated carbocycles. The van der Waals surface area contributed by atoms with Crippen LogP contribution in [0, 0.1) is 5.92 Å². The first-order valence-corrected chi connectivity index (χ1v) is 4.86. The average Bonchev–Trinajstić information content (AvgIpc) is 2.26. The van der Waals surface area contributed by atoms with E-state index in [1.54, 1.807) is 24.3 Å². The molecule has 0 bridgehead atoms. The molecule has 80 valence electrons. The van der Waals surface area contributed by atoms with Crippen LogP contribution in [-0.4, -0.2) is 19.3 Å². The maximum Gasteiger partial charge on any atom is 0.337 e. The molecule has 0 fully saturated rings. The van der Waals surface area contributed by atoms with Crippen molar-refractivity contribution in [2.24, 2.45) is 10.9 Å². The standard InChI is InChI=1S/C12H15NO2/c1-9(2)8-13-11-6-4-10(5-7-11)12(14)15-3/h4-9H,1-3H3. The molecule has 0 saturated heterocycles. The number of carbonyl (C=O) groups is 1. The van der Waals surface area contributed by atoms with Gasteiger partial charge in [-0.2, -0.15) is 0 Å². The molecule has 15 heavy (non-hydrogen) atoms. The third-order valence-electron chi connectivity index (χ3n) is 1.81. The molecule has 1 rings (SSSR count). The molecule has 0 aliphatic carbocycles. The summed E-state index contributed by atoms with van der Waals surface area (Å²) in [6.07, 6.45) is 1.87. The topological polar surface area (TPSA) is 38.7 Å². The summed E-state index contributed by atoms with van der Waals surface area (Å²) in [5.41, 5.74) is 1.39. The molecular weight excluding hydrogens is 190 g/mol. The van der Waals surface area contributed by atoms with Gasteiger partial charge in [-0.15, -0.1) is 0 Å². The van der Waals surface area contributed by atoms with Crippen molar-refractivity contribution in [2.45, 2.75) is 13.8 Å². The summed E-state index contributed by atoms with van der Waals surface area (Å²) in [5.74, 6) is 0.0969. The minimum absolute atomic E-state index is 0.325. The summed E-state index contributed by atoms with van der Waals surface area (Å²) in [7, 11) is 1.37. The van der Waals surface area contributed by atoms with Gasteiger partial charge in [0.05, 0.1) is 18.4 Å². The predicted octanol–water partition coefficient (Wildman–Crippen LogP) is 2.83. The van der Waals surface area contributed by atoms with Crippen LogP contribution in [0.15, 0.2) is 29.3 Å². The zero-order valence-electron chi connectivity index (χ0n) is 9.23. The van der Waals surface area contributed by atoms with Gasteiger partial charge < -0.3 is 4.74 Å². The lowest BCUT2D eigenvalue weighted by Crippen LogP contribution is -1.99. The zero-order valence-corrected chi connectivity index (χ0v) is 9.23. The molecule has 3 heteroatoms. The third-order valence-corrected chi connectivity index (χ3v) is 1.81. The Kier molecular flexibility index (Phi) is 4.03. The van der Waals surface area contributed by atoms with Gasteiger partial charge in [0.15, 0.2) is 0 Å². The number of carbonyl (C=O) groups excluding carboxylic acids is 1. The fourth-order valence-electron chi connectivity index (χ4n) is 1.04. The van der Waals surface area contributed by atoms with E-state index in [2.05, 4.69) is 23.6 Å². The first-order valence-electron chi connectivity index (χ1n) is 4.86. The second kappa shape index (κ2) is 5.29. The van der Waals surface area contributed by atoms with Crippen LogP contribution >= 0.6 is 0 Å². The molecule has 0 atom stereocenters. The van der Waals surface area contributed by atoms with Crippen LogP contribution in [0.3, 0.4) is 0 Å². The maximum absolute atomic E-state index is 11.1. The summed E-state index contributed by atoms with van der Waals surface area (Å²) in [6, 6.07) is 7.01. The Hall–Kier alpha value is -1.64. The van der Waals surface area contributed by atoms with Gasteiger partial charge >= 0.3 is 5.97 Å². The van der Waals surface area contributed by atoms with Crippen molar-refractivity contribution in [3.8, 4) is 0 Å². The van der Waals surface area contributed by atoms with E-state index in [9.17, 15) is 4.79 Å². The minimum atomic E-state index is -0.325. The Morgan fingerprint density at radius 1 is 1.33 bits per heavy atom. The van der Waals surface area contributed by atoms with Gasteiger partial charge in [-0.3, -0.25) is 4.99 Å². The maximum atomic E-state index is 11.1. The number of methoxy groups -OCH3 is 1. The van der Waals surface area contributed by atoms with E-state index in [1.807, 2.05) is 6.21 Å². The molecule has 3 nitrogen and oxygen atoms in total. The monoisotopic (exact) mass is 205 g/mol. The van der Waals surface area contributed by atoms with Crippen molar-refractivity contribution in [3.05, 3.63) is 29.8 Å². The Labute approximate surface area is 89.8 Å². The fourth-order valence-corrected chi connectivity index (χ4v) is 1.04. The van der Waals surface area contributed by atoms with Crippen LogP contribution in [0.25, 0.3) is 0 Å². The van der Waals surface area contributed by atoms with Crippen LogP contribution < -0.4 is 0 Å². The van der Waals surface area contributed by atoms with Crippen LogP contribution in [0.2, 0.25) is 0 Å². The Balaban J connectivity index is 2.77. The van der Waals surface area contributed by atoms with E-state index in [0.29, 0.717) is 11.5 Å². The fraction of sp³-hybridized carbons (Fsp3) is 0.333. The predicted molar refractivity (Wildman–Crippen MR) is 60.8 cm³/mol. The van der Waals surface area contributed by atoms with Crippen LogP contribution in [-0.2, 0) is 4.74 Å². The lowest BCUT2D eigenvalue weighted by Gasteiger charge is -1.99. The van der Waals surface area contributed by atoms with Crippen molar-refractivity contribution >= 4 is 17.9 Å². The molecule has 0 heterocycles. The normalized spacial score (nSPS) is 10.9. The van der Waals surface area contributed by atoms with Crippen molar-refractivity contribution in [1.82, 2.24) is 0 Å². The highest BCUT2D eigenvalue weighted by molar-refractivity contribution is 5.89. The van der Waals surface area contributed by atoms with Gasteiger partial charge in [-0.1, -0.05) is 13.8 Å². The minimum Gasteiger partial charge on any atom is -0.465 e. The van der Waals surface area contributed by atoms with Crippen LogP contribution in [0.5, 0.6) is 0 Å². The molecule has 0 aromatic heterocycles. The highest BCUT2D eigenvalue weighted by atomic mass is 16.5. The summed E-state index contributed by atoms with van der Waals surface area (Å²) in [4.78, 5) is 15.4. The molecule has 0 amide bonds. The van der Waals surface area contributed by atoms with Gasteiger partial charge in [0.1, 0.15) is 0 Å². The SMILES string of the molecule is COC(=O)c1ccc(N=CC(C)C)cc1. The van der Waals surface area contributed by atoms with Crippen molar-refractivity contribution in [1.29, 1.82) is 0 Å². The third kappa shape index (κ3) is 3.54. The quantitative estimate of drug-likeness (QED) is 0.562. The molecule has 0 aliphatic heterocycles. The number of ether oxygens (including phenoxy) is 1. The molecule has 0 aliphatic rings. The van der Waals surface area contributed by atoms with E-state index in [4.69, 9.17) is 0 Å². The number of hydrogen-bond acceptors (Lipinski definition) is 3. The van der Waals surface area contributed by atoms with E-state index in [1.165, 1.54) is 7.11 Å². The Morgan fingerprint density at radius 2 is 1.93 bits per heavy atom. The van der Waals surface area contributed by atoms with E-state index >= 15 is 0 Å². The molecule has 0 radical (unpaired) electrons. The second-order valence-corrected chi connectivity index (χ2v) is 3.56. The number of hydrogen-bond donors (Lipinski definition) is 0. The van der Waals surface area contributed by atoms with Crippen LogP contribution in [0.4, 0.5) is 5.69 Å². The highest BCUT2D eigenvalue weighted by Crippen LogP contribution is 2.13. The molecule has 1 aromatic rings. The first kappa shape index (κ1) is 11.4. The van der Waals surface area contributed by atoms with E-state index in [0.717, 1.165) is 5.69 Å². The van der Waals surface area contributed by atoms with Crippen molar-refractivity contribution < 1.29 is 9.53 Å². The van der Waals surface area contributed by atoms with Gasteiger partial charge in [0.2, 0.25) is 0 Å². The Bertz CT molecular complexity index is 352. The Morgan fingerprint density at radius 3 is 2.40 bits per heavy atom. The van der Waals surface area contributed by atoms with Crippen molar-refractivity contribution in [3.63, 3.8) is 0 Å². The van der Waals surface area contributed by atoms with Gasteiger partial charge in [0, 0.05) is 6.21 Å². The zero-order chi connectivity index (χ0) is 11.3. The number of esters is 1. The molecule has 0 N–H and O–H groups in total. The average molecular weight is 205 g/mol. The van der Waals surface area contributed by atoms with E-state index < -0.39 is 0 Å². The summed E-state index contributed by atoms with van der Waals surface area (Å²) < 4.78 is 4.60. The largest absolute Gasteiger partial charge is 0.465 e. The van der Waals surface area contributed by atoms with E-state index in [-0.39, 0.29) is 5.97 Å². The summed E-state index contributed by atoms with van der Waals surface area (Å²) in [5, 5.41) is 0. The number of benzene rings is 1. The summed E-state index contributed by atoms with van der Waals surface area (Å²) >= 11 is 0. The number of rotatable bonds is 3.